The van der Waals surface area contributed by atoms with Gasteiger partial charge in [0, 0.05) is 38.1 Å². The molecule has 1 aliphatic rings. The minimum absolute atomic E-state index is 0.0766. The van der Waals surface area contributed by atoms with E-state index in [1.54, 1.807) is 30.6 Å². The average Bonchev–Trinajstić information content (AvgIpc) is 2.93. The Morgan fingerprint density at radius 3 is 2.70 bits per heavy atom. The standard InChI is InChI=1S/C19H24ClN3O3S/c1-13-21-14(12-27-13)11-22-7-4-8-23(10-9-22)19(24)15-5-6-16(25-2)18(26-3)17(15)20/h5-6,12H,4,7-11H2,1-3H3. The van der Waals surface area contributed by atoms with Crippen molar-refractivity contribution in [1.29, 1.82) is 0 Å². The highest BCUT2D eigenvalue weighted by Crippen LogP contribution is 2.37. The van der Waals surface area contributed by atoms with Gasteiger partial charge in [0.1, 0.15) is 0 Å². The van der Waals surface area contributed by atoms with Gasteiger partial charge in [0.2, 0.25) is 0 Å². The van der Waals surface area contributed by atoms with Crippen molar-refractivity contribution in [3.8, 4) is 11.5 Å². The van der Waals surface area contributed by atoms with Crippen LogP contribution in [0.15, 0.2) is 17.5 Å². The zero-order chi connectivity index (χ0) is 19.4. The van der Waals surface area contributed by atoms with Gasteiger partial charge < -0.3 is 14.4 Å². The molecule has 0 atom stereocenters. The molecule has 0 N–H and O–H groups in total. The summed E-state index contributed by atoms with van der Waals surface area (Å²) >= 11 is 8.09. The molecular formula is C19H24ClN3O3S. The lowest BCUT2D eigenvalue weighted by Crippen LogP contribution is -2.35. The first-order valence-electron chi connectivity index (χ1n) is 8.86. The molecule has 0 saturated carbocycles. The van der Waals surface area contributed by atoms with Crippen LogP contribution < -0.4 is 9.47 Å². The van der Waals surface area contributed by atoms with E-state index in [1.807, 2.05) is 11.8 Å². The van der Waals surface area contributed by atoms with E-state index in [0.29, 0.717) is 35.2 Å². The normalized spacial score (nSPS) is 15.5. The van der Waals surface area contributed by atoms with Crippen LogP contribution in [0.4, 0.5) is 0 Å². The van der Waals surface area contributed by atoms with Crippen molar-refractivity contribution in [2.75, 3.05) is 40.4 Å². The first-order valence-corrected chi connectivity index (χ1v) is 10.1. The molecule has 0 aliphatic carbocycles. The maximum atomic E-state index is 13.0. The number of hydrogen-bond donors (Lipinski definition) is 0. The Morgan fingerprint density at radius 2 is 2.04 bits per heavy atom. The van der Waals surface area contributed by atoms with Gasteiger partial charge in [-0.3, -0.25) is 9.69 Å². The molecule has 0 spiro atoms. The van der Waals surface area contributed by atoms with Crippen molar-refractivity contribution in [3.05, 3.63) is 38.8 Å². The van der Waals surface area contributed by atoms with Crippen molar-refractivity contribution >= 4 is 28.8 Å². The second-order valence-corrected chi connectivity index (χ2v) is 7.88. The zero-order valence-electron chi connectivity index (χ0n) is 15.8. The molecule has 3 rings (SSSR count). The SMILES string of the molecule is COc1ccc(C(=O)N2CCCN(Cc3csc(C)n3)CC2)c(Cl)c1OC. The number of amides is 1. The summed E-state index contributed by atoms with van der Waals surface area (Å²) in [5.74, 6) is 0.826. The summed E-state index contributed by atoms with van der Waals surface area (Å²) in [5.41, 5.74) is 1.54. The second-order valence-electron chi connectivity index (χ2n) is 6.44. The number of carbonyl (C=O) groups is 1. The van der Waals surface area contributed by atoms with Crippen molar-refractivity contribution in [2.24, 2.45) is 0 Å². The number of benzene rings is 1. The molecule has 8 heteroatoms. The van der Waals surface area contributed by atoms with Gasteiger partial charge in [0.25, 0.3) is 5.91 Å². The number of carbonyl (C=O) groups excluding carboxylic acids is 1. The van der Waals surface area contributed by atoms with Crippen LogP contribution in [0.5, 0.6) is 11.5 Å². The number of halogens is 1. The first kappa shape index (κ1) is 19.9. The summed E-state index contributed by atoms with van der Waals surface area (Å²) in [7, 11) is 3.06. The Labute approximate surface area is 168 Å². The Hall–Kier alpha value is -1.83. The number of rotatable bonds is 5. The van der Waals surface area contributed by atoms with Gasteiger partial charge in [-0.2, -0.15) is 0 Å². The van der Waals surface area contributed by atoms with Crippen LogP contribution in [0, 0.1) is 6.92 Å². The molecule has 0 bridgehead atoms. The van der Waals surface area contributed by atoms with E-state index in [-0.39, 0.29) is 5.91 Å². The van der Waals surface area contributed by atoms with Crippen molar-refractivity contribution in [2.45, 2.75) is 19.9 Å². The van der Waals surface area contributed by atoms with E-state index in [4.69, 9.17) is 21.1 Å². The molecule has 1 aromatic carbocycles. The molecule has 0 unspecified atom stereocenters. The van der Waals surface area contributed by atoms with E-state index < -0.39 is 0 Å². The Kier molecular flexibility index (Phi) is 6.57. The molecule has 1 aromatic heterocycles. The smallest absolute Gasteiger partial charge is 0.255 e. The van der Waals surface area contributed by atoms with Crippen LogP contribution in [0.1, 0.15) is 27.5 Å². The lowest BCUT2D eigenvalue weighted by atomic mass is 10.1. The van der Waals surface area contributed by atoms with Gasteiger partial charge >= 0.3 is 0 Å². The summed E-state index contributed by atoms with van der Waals surface area (Å²) < 4.78 is 10.6. The van der Waals surface area contributed by atoms with Crippen molar-refractivity contribution < 1.29 is 14.3 Å². The van der Waals surface area contributed by atoms with Crippen molar-refractivity contribution in [3.63, 3.8) is 0 Å². The summed E-state index contributed by atoms with van der Waals surface area (Å²) in [6, 6.07) is 3.42. The highest BCUT2D eigenvalue weighted by molar-refractivity contribution is 7.09. The monoisotopic (exact) mass is 409 g/mol. The molecule has 1 aliphatic heterocycles. The fourth-order valence-corrected chi connectivity index (χ4v) is 4.18. The van der Waals surface area contributed by atoms with Crippen LogP contribution in [0.3, 0.4) is 0 Å². The Morgan fingerprint density at radius 1 is 1.22 bits per heavy atom. The van der Waals surface area contributed by atoms with Crippen LogP contribution in [0.2, 0.25) is 5.02 Å². The van der Waals surface area contributed by atoms with Crippen molar-refractivity contribution in [1.82, 2.24) is 14.8 Å². The molecule has 1 fully saturated rings. The zero-order valence-corrected chi connectivity index (χ0v) is 17.4. The third-order valence-electron chi connectivity index (χ3n) is 4.64. The molecule has 146 valence electrons. The third-order valence-corrected chi connectivity index (χ3v) is 5.84. The quantitative estimate of drug-likeness (QED) is 0.756. The molecule has 2 aromatic rings. The largest absolute Gasteiger partial charge is 0.493 e. The first-order chi connectivity index (χ1) is 13.0. The minimum Gasteiger partial charge on any atom is -0.493 e. The fraction of sp³-hybridized carbons (Fsp3) is 0.474. The minimum atomic E-state index is -0.0766. The lowest BCUT2D eigenvalue weighted by molar-refractivity contribution is 0.0761. The van der Waals surface area contributed by atoms with E-state index in [2.05, 4.69) is 15.3 Å². The summed E-state index contributed by atoms with van der Waals surface area (Å²) in [4.78, 5) is 21.8. The number of thiazole rings is 1. The Balaban J connectivity index is 1.69. The van der Waals surface area contributed by atoms with Crippen LogP contribution in [0.25, 0.3) is 0 Å². The van der Waals surface area contributed by atoms with E-state index >= 15 is 0 Å². The van der Waals surface area contributed by atoms with Gasteiger partial charge in [-0.15, -0.1) is 11.3 Å². The van der Waals surface area contributed by atoms with Gasteiger partial charge in [-0.25, -0.2) is 4.98 Å². The van der Waals surface area contributed by atoms with Crippen LogP contribution in [-0.4, -0.2) is 61.1 Å². The van der Waals surface area contributed by atoms with Crippen LogP contribution >= 0.6 is 22.9 Å². The van der Waals surface area contributed by atoms with Gasteiger partial charge in [-0.1, -0.05) is 11.6 Å². The number of ether oxygens (including phenoxy) is 2. The molecular weight excluding hydrogens is 386 g/mol. The van der Waals surface area contributed by atoms with E-state index in [9.17, 15) is 4.79 Å². The highest BCUT2D eigenvalue weighted by Gasteiger charge is 2.25. The number of aromatic nitrogens is 1. The predicted molar refractivity (Wildman–Crippen MR) is 107 cm³/mol. The number of aryl methyl sites for hydroxylation is 1. The van der Waals surface area contributed by atoms with Gasteiger partial charge in [0.15, 0.2) is 11.5 Å². The molecule has 1 amide bonds. The molecule has 2 heterocycles. The summed E-state index contributed by atoms with van der Waals surface area (Å²) in [6.45, 7) is 5.96. The predicted octanol–water partition coefficient (Wildman–Crippen LogP) is 3.47. The number of hydrogen-bond acceptors (Lipinski definition) is 6. The molecule has 6 nitrogen and oxygen atoms in total. The fourth-order valence-electron chi connectivity index (χ4n) is 3.27. The molecule has 27 heavy (non-hydrogen) atoms. The number of methoxy groups -OCH3 is 2. The molecule has 1 saturated heterocycles. The Bertz CT molecular complexity index is 811. The maximum Gasteiger partial charge on any atom is 0.255 e. The highest BCUT2D eigenvalue weighted by atomic mass is 35.5. The second kappa shape index (κ2) is 8.91. The number of nitrogens with zero attached hydrogens (tertiary/aromatic N) is 3. The third kappa shape index (κ3) is 4.54. The molecule has 0 radical (unpaired) electrons. The maximum absolute atomic E-state index is 13.0. The van der Waals surface area contributed by atoms with E-state index in [1.165, 1.54) is 7.11 Å². The van der Waals surface area contributed by atoms with Gasteiger partial charge in [-0.05, 0) is 25.5 Å². The lowest BCUT2D eigenvalue weighted by Gasteiger charge is -2.22. The summed E-state index contributed by atoms with van der Waals surface area (Å²) in [5, 5.41) is 3.48. The van der Waals surface area contributed by atoms with Crippen LogP contribution in [-0.2, 0) is 6.54 Å². The topological polar surface area (TPSA) is 54.9 Å². The van der Waals surface area contributed by atoms with E-state index in [0.717, 1.165) is 36.8 Å². The average molecular weight is 410 g/mol. The summed E-state index contributed by atoms with van der Waals surface area (Å²) in [6.07, 6.45) is 0.916. The van der Waals surface area contributed by atoms with Gasteiger partial charge in [0.05, 0.1) is 35.5 Å².